The highest BCUT2D eigenvalue weighted by Gasteiger charge is 2.53. The number of benzene rings is 1. The van der Waals surface area contributed by atoms with E-state index in [1.165, 1.54) is 30.8 Å². The summed E-state index contributed by atoms with van der Waals surface area (Å²) in [7, 11) is 1.24. The number of aliphatic hydroxyl groups excluding tert-OH is 3. The Morgan fingerprint density at radius 3 is 2.23 bits per heavy atom. The first-order valence-corrected chi connectivity index (χ1v) is 27.0. The van der Waals surface area contributed by atoms with Gasteiger partial charge in [-0.25, -0.2) is 18.2 Å². The van der Waals surface area contributed by atoms with E-state index in [0.29, 0.717) is 37.2 Å². The van der Waals surface area contributed by atoms with Crippen molar-refractivity contribution in [3.63, 3.8) is 0 Å². The van der Waals surface area contributed by atoms with Gasteiger partial charge in [0, 0.05) is 63.7 Å². The average Bonchev–Trinajstić information content (AvgIpc) is 3.79. The van der Waals surface area contributed by atoms with E-state index in [-0.39, 0.29) is 36.5 Å². The van der Waals surface area contributed by atoms with Crippen molar-refractivity contribution < 1.29 is 72.0 Å². The number of carbonyl (C=O) groups is 2. The lowest BCUT2D eigenvalue weighted by Gasteiger charge is -2.49. The number of ether oxygens (including phenoxy) is 6. The van der Waals surface area contributed by atoms with Crippen LogP contribution in [0.5, 0.6) is 0 Å². The molecule has 1 amide bonds. The molecule has 0 aliphatic carbocycles. The van der Waals surface area contributed by atoms with Crippen LogP contribution < -0.4 is 10.9 Å². The van der Waals surface area contributed by atoms with Crippen LogP contribution >= 0.6 is 0 Å². The lowest BCUT2D eigenvalue weighted by molar-refractivity contribution is -0.318. The summed E-state index contributed by atoms with van der Waals surface area (Å²) < 4.78 is 63.0. The van der Waals surface area contributed by atoms with Crippen molar-refractivity contribution in [3.8, 4) is 0 Å². The molecule has 9 N–H and O–H groups in total. The van der Waals surface area contributed by atoms with E-state index in [9.17, 15) is 43.5 Å². The third kappa shape index (κ3) is 14.4. The van der Waals surface area contributed by atoms with Gasteiger partial charge in [0.2, 0.25) is 15.9 Å². The maximum Gasteiger partial charge on any atom is 0.311 e. The number of primary sulfonamides is 1. The second kappa shape index (κ2) is 24.4. The van der Waals surface area contributed by atoms with E-state index in [4.69, 9.17) is 39.3 Å². The maximum absolute atomic E-state index is 14.5. The Labute approximate surface area is 431 Å². The summed E-state index contributed by atoms with van der Waals surface area (Å²) in [6.07, 6.45) is -7.65. The number of nitrogens with zero attached hydrogens (tertiary/aromatic N) is 5. The molecule has 73 heavy (non-hydrogen) atoms. The zero-order chi connectivity index (χ0) is 54.7. The first-order chi connectivity index (χ1) is 33.8. The molecule has 1 aromatic carbocycles. The monoisotopic (exact) mass is 1060 g/mol. The molecule has 3 fully saturated rings. The summed E-state index contributed by atoms with van der Waals surface area (Å²) in [5.41, 5.74) is 2.31. The smallest absolute Gasteiger partial charge is 0.311 e. The molecule has 22 nitrogen and oxygen atoms in total. The number of esters is 1. The number of likely N-dealkylation sites (N-methyl/N-ethyl adjacent to an activating group) is 2. The summed E-state index contributed by atoms with van der Waals surface area (Å²) >= 11 is 0. The minimum atomic E-state index is -3.90. The van der Waals surface area contributed by atoms with Crippen LogP contribution in [0.25, 0.3) is 0 Å². The zero-order valence-corrected chi connectivity index (χ0v) is 45.7. The molecule has 19 atom stereocenters. The third-order valence-corrected chi connectivity index (χ3v) is 16.6. The predicted molar refractivity (Wildman–Crippen MR) is 267 cm³/mol. The van der Waals surface area contributed by atoms with Crippen molar-refractivity contribution >= 4 is 21.9 Å². The largest absolute Gasteiger partial charge is 0.459 e. The normalized spacial score (nSPS) is 39.3. The van der Waals surface area contributed by atoms with Gasteiger partial charge in [-0.05, 0) is 105 Å². The van der Waals surface area contributed by atoms with E-state index in [1.807, 2.05) is 37.7 Å². The van der Waals surface area contributed by atoms with Crippen LogP contribution in [-0.4, -0.2) is 195 Å². The lowest BCUT2D eigenvalue weighted by Crippen LogP contribution is -2.61. The van der Waals surface area contributed by atoms with Gasteiger partial charge in [-0.15, -0.1) is 5.10 Å². The Hall–Kier alpha value is -3.27. The van der Waals surface area contributed by atoms with E-state index in [1.54, 1.807) is 66.8 Å². The molecule has 0 radical (unpaired) electrons. The van der Waals surface area contributed by atoms with Crippen molar-refractivity contribution in [3.05, 3.63) is 41.7 Å². The first kappa shape index (κ1) is 60.6. The van der Waals surface area contributed by atoms with Crippen LogP contribution in [0.15, 0.2) is 35.4 Å². The van der Waals surface area contributed by atoms with Gasteiger partial charge in [0.15, 0.2) is 12.6 Å². The number of amides is 1. The van der Waals surface area contributed by atoms with Gasteiger partial charge in [-0.1, -0.05) is 38.1 Å². The van der Waals surface area contributed by atoms with Crippen LogP contribution in [0.1, 0.15) is 112 Å². The van der Waals surface area contributed by atoms with Gasteiger partial charge in [0.25, 0.3) is 0 Å². The first-order valence-electron chi connectivity index (χ1n) is 25.4. The Morgan fingerprint density at radius 2 is 1.64 bits per heavy atom. The molecule has 0 saturated carbocycles. The number of hydrogen-bond acceptors (Lipinski definition) is 19. The number of cyclic esters (lactones) is 1. The van der Waals surface area contributed by atoms with Crippen molar-refractivity contribution in [2.45, 2.75) is 209 Å². The number of methoxy groups -OCH3 is 1. The van der Waals surface area contributed by atoms with Gasteiger partial charge in [0.05, 0.1) is 52.1 Å². The summed E-state index contributed by atoms with van der Waals surface area (Å²) in [6.45, 7) is 18.0. The van der Waals surface area contributed by atoms with Crippen LogP contribution in [-0.2, 0) is 60.9 Å². The van der Waals surface area contributed by atoms with Gasteiger partial charge in [-0.2, -0.15) is 0 Å². The highest BCUT2D eigenvalue weighted by atomic mass is 32.2. The Balaban J connectivity index is 1.44. The summed E-state index contributed by atoms with van der Waals surface area (Å²) in [4.78, 5) is 30.9. The van der Waals surface area contributed by atoms with E-state index < -0.39 is 130 Å². The second-order valence-electron chi connectivity index (χ2n) is 21.9. The van der Waals surface area contributed by atoms with Gasteiger partial charge in [-0.3, -0.25) is 9.59 Å². The number of hydrogen-bond donors (Lipinski definition) is 7. The fourth-order valence-electron chi connectivity index (χ4n) is 11.1. The lowest BCUT2D eigenvalue weighted by atomic mass is 9.77. The Kier molecular flexibility index (Phi) is 20.2. The van der Waals surface area contributed by atoms with Crippen molar-refractivity contribution in [2.75, 3.05) is 34.3 Å². The SMILES string of the molecule is CC[C@H]1OC(=O)[C@H](C)[C@@H](O[C@H]2C[C@@](C)(OC)[C@@H](O)[C@H](C)O2)[C@H](C)[C@@H](O[C@@H]2O[C@H](C)C[C@H](N(C)CCc3cn(C(Cc4ccc(S(N)(=O)=O)cc4)C(N)=O)nn3)[C@H]2O)[C@](C)(O)C[C@@H](C)CN(C)[C@H](C)[C@@H](O)[C@]1(C)O. The van der Waals surface area contributed by atoms with Crippen molar-refractivity contribution in [1.29, 1.82) is 0 Å². The molecular weight excluding hydrogens is 971 g/mol. The standard InChI is InChI=1S/C50H85N7O15S/c1-14-38-50(10,64)42(59)31(6)56(12)25-27(2)23-48(8,63)44(29(4)41(30(5)46(62)70-38)71-39-24-49(9,67-13)43(60)32(7)69-39)72-47-40(58)36(21-28(3)68-47)55(11)20-19-34-26-57(54-53-34)37(45(51)61)22-33-15-17-35(18-16-33)73(52,65)66/h15-18,26-32,36-44,47,58-60,63-64H,14,19-25H2,1-13H3,(H2,51,61)(H2,52,65,66)/t27-,28-,29+,30-,31-,32+,36+,37?,38-,39+,40-,41+,42-,43+,44-,47+,48-,49-,50-/m1/s1. The topological polar surface area (TPSA) is 314 Å². The second-order valence-corrected chi connectivity index (χ2v) is 23.5. The highest BCUT2D eigenvalue weighted by Crippen LogP contribution is 2.40. The molecule has 0 bridgehead atoms. The maximum atomic E-state index is 14.5. The number of rotatable bonds is 15. The Morgan fingerprint density at radius 1 is 1.00 bits per heavy atom. The summed E-state index contributed by atoms with van der Waals surface area (Å²) in [5.74, 6) is -3.62. The molecule has 2 aromatic rings. The molecule has 3 saturated heterocycles. The van der Waals surface area contributed by atoms with Crippen LogP contribution in [0.2, 0.25) is 0 Å². The quantitative estimate of drug-likeness (QED) is 0.123. The number of primary amides is 1. The fourth-order valence-corrected chi connectivity index (χ4v) is 11.6. The van der Waals surface area contributed by atoms with Gasteiger partial charge in [0.1, 0.15) is 36.1 Å². The molecule has 1 aromatic heterocycles. The van der Waals surface area contributed by atoms with E-state index in [2.05, 4.69) is 10.3 Å². The summed E-state index contributed by atoms with van der Waals surface area (Å²) in [5, 5.41) is 73.4. The van der Waals surface area contributed by atoms with E-state index in [0.717, 1.165) is 0 Å². The Bertz CT molecular complexity index is 2240. The van der Waals surface area contributed by atoms with Crippen molar-refractivity contribution in [2.24, 2.45) is 28.6 Å². The summed E-state index contributed by atoms with van der Waals surface area (Å²) in [6, 6.07) is 3.74. The number of sulfonamides is 1. The van der Waals surface area contributed by atoms with Crippen LogP contribution in [0.4, 0.5) is 0 Å². The molecule has 4 heterocycles. The molecule has 0 spiro atoms. The predicted octanol–water partition coefficient (Wildman–Crippen LogP) is 1.02. The number of aliphatic hydroxyl groups is 5. The van der Waals surface area contributed by atoms with Crippen molar-refractivity contribution in [1.82, 2.24) is 24.8 Å². The number of nitrogens with two attached hydrogens (primary N) is 2. The average molecular weight is 1060 g/mol. The van der Waals surface area contributed by atoms with Crippen LogP contribution in [0.3, 0.4) is 0 Å². The van der Waals surface area contributed by atoms with Crippen LogP contribution in [0, 0.1) is 17.8 Å². The molecule has 1 unspecified atom stereocenters. The number of aromatic nitrogens is 3. The zero-order valence-electron chi connectivity index (χ0n) is 44.9. The highest BCUT2D eigenvalue weighted by molar-refractivity contribution is 7.89. The minimum absolute atomic E-state index is 0.0672. The van der Waals surface area contributed by atoms with Gasteiger partial charge >= 0.3 is 5.97 Å². The molecule has 416 valence electrons. The van der Waals surface area contributed by atoms with Gasteiger partial charge < -0.3 is 69.5 Å². The van der Waals surface area contributed by atoms with E-state index >= 15 is 0 Å². The fraction of sp³-hybridized carbons (Fsp3) is 0.800. The molecule has 3 aliphatic heterocycles. The minimum Gasteiger partial charge on any atom is -0.459 e. The number of carbonyl (C=O) groups excluding carboxylic acids is 2. The third-order valence-electron chi connectivity index (χ3n) is 15.7. The molecule has 3 aliphatic rings. The molecule has 5 rings (SSSR count). The molecule has 23 heteroatoms. The molecular formula is C50H85N7O15S.